The summed E-state index contributed by atoms with van der Waals surface area (Å²) in [4.78, 5) is 42.4. The van der Waals surface area contributed by atoms with Gasteiger partial charge in [-0.1, -0.05) is 32.4 Å². The second-order valence-corrected chi connectivity index (χ2v) is 11.3. The quantitative estimate of drug-likeness (QED) is 0.517. The van der Waals surface area contributed by atoms with Crippen molar-refractivity contribution in [1.29, 1.82) is 0 Å². The fraction of sp³-hybridized carbons (Fsp3) is 0.625. The van der Waals surface area contributed by atoms with E-state index in [4.69, 9.17) is 11.6 Å². The Kier molecular flexibility index (Phi) is 6.99. The van der Waals surface area contributed by atoms with Crippen LogP contribution in [0.1, 0.15) is 40.0 Å². The van der Waals surface area contributed by atoms with Gasteiger partial charge in [0.25, 0.3) is 0 Å². The normalized spacial score (nSPS) is 33.2. The molecule has 0 aliphatic carbocycles. The van der Waals surface area contributed by atoms with E-state index in [0.717, 1.165) is 12.8 Å². The standard InChI is InChI=1S/C24H32ClN3O4S/c1-4-10-26-21(30)18-17-11-13(3)24(33-17)19(18)23(32)28(16(5-2)12-29)20(24)22(31)27-15-8-6-14(25)7-9-15/h6-9,13,16-20,29H,4-5,10-12H2,1-3H3,(H,26,30)(H,27,31)/t13?,16-,17-,18+,19-,20?,24?/m0/s1. The Morgan fingerprint density at radius 3 is 2.58 bits per heavy atom. The molecule has 180 valence electrons. The van der Waals surface area contributed by atoms with Gasteiger partial charge in [-0.05, 0) is 49.4 Å². The molecule has 1 spiro atoms. The molecule has 4 rings (SSSR count). The smallest absolute Gasteiger partial charge is 0.248 e. The van der Waals surface area contributed by atoms with Crippen molar-refractivity contribution in [3.8, 4) is 0 Å². The molecule has 3 saturated heterocycles. The predicted molar refractivity (Wildman–Crippen MR) is 130 cm³/mol. The summed E-state index contributed by atoms with van der Waals surface area (Å²) in [6.45, 7) is 6.30. The van der Waals surface area contributed by atoms with Gasteiger partial charge in [0.1, 0.15) is 6.04 Å². The zero-order valence-electron chi connectivity index (χ0n) is 19.2. The number of thioether (sulfide) groups is 1. The van der Waals surface area contributed by atoms with Crippen LogP contribution < -0.4 is 10.6 Å². The zero-order chi connectivity index (χ0) is 23.9. The van der Waals surface area contributed by atoms with Crippen LogP contribution >= 0.6 is 23.4 Å². The number of carbonyl (C=O) groups is 3. The Labute approximate surface area is 204 Å². The second kappa shape index (κ2) is 9.47. The number of fused-ring (bicyclic) bond motifs is 1. The Morgan fingerprint density at radius 1 is 1.27 bits per heavy atom. The largest absolute Gasteiger partial charge is 0.394 e. The van der Waals surface area contributed by atoms with Crippen LogP contribution in [0.2, 0.25) is 5.02 Å². The first kappa shape index (κ1) is 24.4. The number of nitrogens with zero attached hydrogens (tertiary/aromatic N) is 1. The Hall–Kier alpha value is -1.77. The predicted octanol–water partition coefficient (Wildman–Crippen LogP) is 2.91. The molecule has 3 heterocycles. The van der Waals surface area contributed by atoms with Crippen LogP contribution in [0.15, 0.2) is 24.3 Å². The average molecular weight is 494 g/mol. The van der Waals surface area contributed by atoms with E-state index in [0.29, 0.717) is 23.7 Å². The number of benzene rings is 1. The van der Waals surface area contributed by atoms with Crippen molar-refractivity contribution in [2.45, 2.75) is 62.1 Å². The van der Waals surface area contributed by atoms with Gasteiger partial charge in [0.05, 0.1) is 29.2 Å². The van der Waals surface area contributed by atoms with Crippen molar-refractivity contribution in [1.82, 2.24) is 10.2 Å². The molecule has 0 aromatic heterocycles. The molecule has 1 aromatic carbocycles. The molecular weight excluding hydrogens is 462 g/mol. The van der Waals surface area contributed by atoms with Crippen molar-refractivity contribution in [3.05, 3.63) is 29.3 Å². The van der Waals surface area contributed by atoms with Crippen molar-refractivity contribution in [2.75, 3.05) is 18.5 Å². The molecule has 3 aliphatic heterocycles. The summed E-state index contributed by atoms with van der Waals surface area (Å²) in [7, 11) is 0. The van der Waals surface area contributed by atoms with Gasteiger partial charge in [-0.2, -0.15) is 0 Å². The highest BCUT2D eigenvalue weighted by Crippen LogP contribution is 2.68. The molecule has 33 heavy (non-hydrogen) atoms. The topological polar surface area (TPSA) is 98.7 Å². The molecule has 3 unspecified atom stereocenters. The molecule has 3 amide bonds. The molecule has 0 saturated carbocycles. The summed E-state index contributed by atoms with van der Waals surface area (Å²) in [6.07, 6.45) is 2.12. The molecule has 7 atom stereocenters. The van der Waals surface area contributed by atoms with Gasteiger partial charge in [-0.25, -0.2) is 0 Å². The van der Waals surface area contributed by atoms with Gasteiger partial charge in [0.15, 0.2) is 0 Å². The lowest BCUT2D eigenvalue weighted by molar-refractivity contribution is -0.142. The summed E-state index contributed by atoms with van der Waals surface area (Å²) >= 11 is 7.62. The Morgan fingerprint density at radius 2 is 1.97 bits per heavy atom. The highest BCUT2D eigenvalue weighted by atomic mass is 35.5. The third-order valence-corrected chi connectivity index (χ3v) is 9.80. The maximum absolute atomic E-state index is 13.9. The van der Waals surface area contributed by atoms with Crippen LogP contribution in [-0.2, 0) is 14.4 Å². The molecular formula is C24H32ClN3O4S. The number of carbonyl (C=O) groups excluding carboxylic acids is 3. The summed E-state index contributed by atoms with van der Waals surface area (Å²) < 4.78 is -0.699. The molecule has 7 nitrogen and oxygen atoms in total. The minimum absolute atomic E-state index is 0.00740. The second-order valence-electron chi connectivity index (χ2n) is 9.33. The van der Waals surface area contributed by atoms with Crippen LogP contribution in [-0.4, -0.2) is 63.0 Å². The van der Waals surface area contributed by atoms with Crippen molar-refractivity contribution >= 4 is 46.8 Å². The number of aliphatic hydroxyl groups excluding tert-OH is 1. The molecule has 1 aromatic rings. The molecule has 3 aliphatic rings. The summed E-state index contributed by atoms with van der Waals surface area (Å²) in [5, 5.41) is 16.6. The minimum atomic E-state index is -0.767. The molecule has 0 radical (unpaired) electrons. The number of halogens is 1. The SMILES string of the molecule is CCCNC(=O)[C@@H]1[C@@H]2CC(C)C3(S2)C(C(=O)Nc2ccc(Cl)cc2)N([C@@H](CC)CO)C(=O)[C@H]13. The number of hydrogen-bond acceptors (Lipinski definition) is 5. The number of rotatable bonds is 8. The summed E-state index contributed by atoms with van der Waals surface area (Å²) in [5.41, 5.74) is 0.594. The minimum Gasteiger partial charge on any atom is -0.394 e. The Bertz CT molecular complexity index is 925. The molecule has 9 heteroatoms. The molecule has 3 fully saturated rings. The van der Waals surface area contributed by atoms with Crippen molar-refractivity contribution in [2.24, 2.45) is 17.8 Å². The Balaban J connectivity index is 1.74. The van der Waals surface area contributed by atoms with Gasteiger partial charge < -0.3 is 20.6 Å². The van der Waals surface area contributed by atoms with E-state index in [1.54, 1.807) is 40.9 Å². The van der Waals surface area contributed by atoms with Gasteiger partial charge in [-0.15, -0.1) is 11.8 Å². The molecule has 3 N–H and O–H groups in total. The highest BCUT2D eigenvalue weighted by Gasteiger charge is 2.76. The van der Waals surface area contributed by atoms with Gasteiger partial charge >= 0.3 is 0 Å². The number of amides is 3. The fourth-order valence-electron chi connectivity index (χ4n) is 5.98. The summed E-state index contributed by atoms with van der Waals surface area (Å²) in [5.74, 6) is -1.52. The van der Waals surface area contributed by atoms with E-state index < -0.39 is 28.7 Å². The first-order valence-corrected chi connectivity index (χ1v) is 13.0. The van der Waals surface area contributed by atoms with Gasteiger partial charge in [-0.3, -0.25) is 14.4 Å². The van der Waals surface area contributed by atoms with Crippen LogP contribution in [0.5, 0.6) is 0 Å². The lowest BCUT2D eigenvalue weighted by Crippen LogP contribution is -2.57. The third kappa shape index (κ3) is 3.84. The maximum atomic E-state index is 13.9. The molecule has 2 bridgehead atoms. The zero-order valence-corrected chi connectivity index (χ0v) is 20.8. The number of aliphatic hydroxyl groups is 1. The monoisotopic (exact) mass is 493 g/mol. The van der Waals surface area contributed by atoms with Crippen LogP contribution in [0.25, 0.3) is 0 Å². The van der Waals surface area contributed by atoms with Crippen LogP contribution in [0.4, 0.5) is 5.69 Å². The van der Waals surface area contributed by atoms with E-state index >= 15 is 0 Å². The van der Waals surface area contributed by atoms with E-state index in [1.807, 2.05) is 13.8 Å². The number of hydrogen-bond donors (Lipinski definition) is 3. The lowest BCUT2D eigenvalue weighted by atomic mass is 9.66. The maximum Gasteiger partial charge on any atom is 0.248 e. The van der Waals surface area contributed by atoms with E-state index in [9.17, 15) is 19.5 Å². The number of nitrogens with one attached hydrogen (secondary N) is 2. The number of likely N-dealkylation sites (tertiary alicyclic amines) is 1. The average Bonchev–Trinajstić information content (AvgIpc) is 3.39. The van der Waals surface area contributed by atoms with Crippen LogP contribution in [0.3, 0.4) is 0 Å². The first-order chi connectivity index (χ1) is 15.8. The first-order valence-electron chi connectivity index (χ1n) is 11.7. The fourth-order valence-corrected chi connectivity index (χ4v) is 8.51. The van der Waals surface area contributed by atoms with Crippen molar-refractivity contribution in [3.63, 3.8) is 0 Å². The van der Waals surface area contributed by atoms with Gasteiger partial charge in [0, 0.05) is 22.5 Å². The number of anilines is 1. The lowest BCUT2D eigenvalue weighted by Gasteiger charge is -2.40. The third-order valence-electron chi connectivity index (χ3n) is 7.47. The van der Waals surface area contributed by atoms with E-state index in [2.05, 4.69) is 17.6 Å². The summed E-state index contributed by atoms with van der Waals surface area (Å²) in [6, 6.07) is 5.60. The van der Waals surface area contributed by atoms with E-state index in [1.165, 1.54) is 0 Å². The van der Waals surface area contributed by atoms with E-state index in [-0.39, 0.29) is 35.5 Å². The van der Waals surface area contributed by atoms with Crippen molar-refractivity contribution < 1.29 is 19.5 Å². The highest BCUT2D eigenvalue weighted by molar-refractivity contribution is 8.02. The van der Waals surface area contributed by atoms with Gasteiger partial charge in [0.2, 0.25) is 17.7 Å². The van der Waals surface area contributed by atoms with Crippen LogP contribution in [0, 0.1) is 17.8 Å².